The number of nitrogens with one attached hydrogen (secondary N) is 1. The number of alkyl carbamates (subject to hydrolysis) is 1. The van der Waals surface area contributed by atoms with Crippen LogP contribution in [0.1, 0.15) is 49.7 Å². The Labute approximate surface area is 164 Å². The number of ether oxygens (including phenoxy) is 1. The van der Waals surface area contributed by atoms with Crippen LogP contribution in [0.4, 0.5) is 4.79 Å². The molecule has 1 atom stereocenters. The van der Waals surface area contributed by atoms with Crippen molar-refractivity contribution in [2.75, 3.05) is 6.61 Å². The fourth-order valence-corrected chi connectivity index (χ4v) is 4.68. The van der Waals surface area contributed by atoms with Crippen LogP contribution in [0.2, 0.25) is 0 Å². The number of hydrogen-bond donors (Lipinski definition) is 2. The first-order valence-corrected chi connectivity index (χ1v) is 9.87. The molecule has 0 aromatic heterocycles. The Balaban J connectivity index is 1.48. The van der Waals surface area contributed by atoms with Crippen LogP contribution >= 0.6 is 0 Å². The molecule has 0 saturated heterocycles. The van der Waals surface area contributed by atoms with Gasteiger partial charge in [-0.2, -0.15) is 0 Å². The van der Waals surface area contributed by atoms with Crippen LogP contribution in [0.3, 0.4) is 0 Å². The minimum Gasteiger partial charge on any atom is -0.480 e. The number of hydrogen-bond acceptors (Lipinski definition) is 3. The molecule has 5 heteroatoms. The van der Waals surface area contributed by atoms with Crippen molar-refractivity contribution in [2.24, 2.45) is 5.92 Å². The zero-order chi connectivity index (χ0) is 19.7. The van der Waals surface area contributed by atoms with Crippen molar-refractivity contribution in [3.05, 3.63) is 59.7 Å². The monoisotopic (exact) mass is 379 g/mol. The van der Waals surface area contributed by atoms with Gasteiger partial charge in [0.1, 0.15) is 12.1 Å². The maximum atomic E-state index is 12.5. The van der Waals surface area contributed by atoms with Crippen LogP contribution in [-0.4, -0.2) is 29.3 Å². The first kappa shape index (κ1) is 18.5. The molecule has 0 radical (unpaired) electrons. The number of aliphatic carboxylic acids is 1. The Morgan fingerprint density at radius 1 is 1.04 bits per heavy atom. The highest BCUT2D eigenvalue weighted by Crippen LogP contribution is 2.44. The SMILES string of the molecule is CC(NC(=O)OCC1c2ccccc2-c2ccccc21)(C(=O)O)C1CCCC1. The molecular weight excluding hydrogens is 354 g/mol. The fourth-order valence-electron chi connectivity index (χ4n) is 4.68. The summed E-state index contributed by atoms with van der Waals surface area (Å²) >= 11 is 0. The highest BCUT2D eigenvalue weighted by Gasteiger charge is 2.44. The van der Waals surface area contributed by atoms with Crippen LogP contribution in [-0.2, 0) is 9.53 Å². The van der Waals surface area contributed by atoms with E-state index >= 15 is 0 Å². The molecule has 1 amide bonds. The van der Waals surface area contributed by atoms with Gasteiger partial charge in [0, 0.05) is 5.92 Å². The molecule has 2 aliphatic rings. The molecule has 0 spiro atoms. The van der Waals surface area contributed by atoms with Crippen molar-refractivity contribution in [1.82, 2.24) is 5.32 Å². The van der Waals surface area contributed by atoms with E-state index in [1.54, 1.807) is 6.92 Å². The Morgan fingerprint density at radius 3 is 2.11 bits per heavy atom. The number of carboxylic acid groups (broad SMARTS) is 1. The van der Waals surface area contributed by atoms with Gasteiger partial charge in [0.15, 0.2) is 0 Å². The van der Waals surface area contributed by atoms with Gasteiger partial charge in [0.25, 0.3) is 0 Å². The van der Waals surface area contributed by atoms with Crippen molar-refractivity contribution in [3.8, 4) is 11.1 Å². The average Bonchev–Trinajstić information content (AvgIpc) is 3.33. The summed E-state index contributed by atoms with van der Waals surface area (Å²) in [5, 5.41) is 12.4. The third-order valence-corrected chi connectivity index (χ3v) is 6.32. The molecule has 28 heavy (non-hydrogen) atoms. The van der Waals surface area contributed by atoms with Gasteiger partial charge < -0.3 is 15.2 Å². The number of carbonyl (C=O) groups excluding carboxylic acids is 1. The van der Waals surface area contributed by atoms with E-state index in [1.165, 1.54) is 0 Å². The van der Waals surface area contributed by atoms with E-state index in [1.807, 2.05) is 24.3 Å². The summed E-state index contributed by atoms with van der Waals surface area (Å²) in [5.74, 6) is -1.11. The second kappa shape index (κ2) is 7.30. The van der Waals surface area contributed by atoms with Crippen molar-refractivity contribution < 1.29 is 19.4 Å². The molecular formula is C23H25NO4. The molecule has 0 heterocycles. The highest BCUT2D eigenvalue weighted by molar-refractivity contribution is 5.84. The second-order valence-corrected chi connectivity index (χ2v) is 7.94. The van der Waals surface area contributed by atoms with E-state index in [0.29, 0.717) is 0 Å². The lowest BCUT2D eigenvalue weighted by atomic mass is 9.84. The van der Waals surface area contributed by atoms with Gasteiger partial charge >= 0.3 is 12.1 Å². The van der Waals surface area contributed by atoms with Crippen molar-refractivity contribution in [1.29, 1.82) is 0 Å². The minimum atomic E-state index is -1.29. The number of amides is 1. The summed E-state index contributed by atoms with van der Waals surface area (Å²) in [6.45, 7) is 1.77. The summed E-state index contributed by atoms with van der Waals surface area (Å²) in [6.07, 6.45) is 2.96. The molecule has 2 N–H and O–H groups in total. The fraction of sp³-hybridized carbons (Fsp3) is 0.391. The summed E-state index contributed by atoms with van der Waals surface area (Å²) in [5.41, 5.74) is 3.29. The number of carboxylic acids is 1. The lowest BCUT2D eigenvalue weighted by molar-refractivity contribution is -0.146. The van der Waals surface area contributed by atoms with E-state index in [0.717, 1.165) is 47.9 Å². The number of rotatable bonds is 5. The van der Waals surface area contributed by atoms with Crippen LogP contribution in [0.25, 0.3) is 11.1 Å². The van der Waals surface area contributed by atoms with Crippen molar-refractivity contribution in [3.63, 3.8) is 0 Å². The third kappa shape index (κ3) is 3.15. The molecule has 1 fully saturated rings. The number of fused-ring (bicyclic) bond motifs is 3. The second-order valence-electron chi connectivity index (χ2n) is 7.94. The van der Waals surface area contributed by atoms with Gasteiger partial charge in [-0.05, 0) is 47.9 Å². The Morgan fingerprint density at radius 2 is 1.57 bits per heavy atom. The summed E-state index contributed by atoms with van der Waals surface area (Å²) in [4.78, 5) is 24.4. The quantitative estimate of drug-likeness (QED) is 0.799. The first-order chi connectivity index (χ1) is 13.5. The molecule has 4 rings (SSSR count). The maximum Gasteiger partial charge on any atom is 0.408 e. The molecule has 2 aromatic carbocycles. The van der Waals surface area contributed by atoms with Crippen molar-refractivity contribution in [2.45, 2.75) is 44.1 Å². The lowest BCUT2D eigenvalue weighted by Gasteiger charge is -2.32. The number of benzene rings is 2. The highest BCUT2D eigenvalue weighted by atomic mass is 16.5. The Bertz CT molecular complexity index is 857. The van der Waals surface area contributed by atoms with Gasteiger partial charge in [-0.25, -0.2) is 9.59 Å². The summed E-state index contributed by atoms with van der Waals surface area (Å²) in [7, 11) is 0. The smallest absolute Gasteiger partial charge is 0.408 e. The third-order valence-electron chi connectivity index (χ3n) is 6.32. The van der Waals surface area contributed by atoms with Gasteiger partial charge in [-0.15, -0.1) is 0 Å². The molecule has 1 saturated carbocycles. The van der Waals surface area contributed by atoms with E-state index in [4.69, 9.17) is 4.74 Å². The molecule has 2 aromatic rings. The first-order valence-electron chi connectivity index (χ1n) is 9.87. The lowest BCUT2D eigenvalue weighted by Crippen LogP contribution is -2.56. The zero-order valence-corrected chi connectivity index (χ0v) is 16.0. The van der Waals surface area contributed by atoms with E-state index in [-0.39, 0.29) is 18.4 Å². The van der Waals surface area contributed by atoms with Crippen LogP contribution in [0.5, 0.6) is 0 Å². The van der Waals surface area contributed by atoms with E-state index in [9.17, 15) is 14.7 Å². The van der Waals surface area contributed by atoms with Gasteiger partial charge in [-0.3, -0.25) is 0 Å². The van der Waals surface area contributed by atoms with Gasteiger partial charge in [0.05, 0.1) is 0 Å². The Hall–Kier alpha value is -2.82. The largest absolute Gasteiger partial charge is 0.480 e. The predicted octanol–water partition coefficient (Wildman–Crippen LogP) is 4.56. The maximum absolute atomic E-state index is 12.5. The predicted molar refractivity (Wildman–Crippen MR) is 106 cm³/mol. The van der Waals surface area contributed by atoms with Crippen LogP contribution in [0.15, 0.2) is 48.5 Å². The van der Waals surface area contributed by atoms with Crippen molar-refractivity contribution >= 4 is 12.1 Å². The van der Waals surface area contributed by atoms with Gasteiger partial charge in [0.2, 0.25) is 0 Å². The molecule has 2 aliphatic carbocycles. The van der Waals surface area contributed by atoms with Crippen LogP contribution < -0.4 is 5.32 Å². The topological polar surface area (TPSA) is 75.6 Å². The Kier molecular flexibility index (Phi) is 4.84. The summed E-state index contributed by atoms with van der Waals surface area (Å²) in [6, 6.07) is 16.3. The van der Waals surface area contributed by atoms with Crippen LogP contribution in [0, 0.1) is 5.92 Å². The molecule has 0 bridgehead atoms. The molecule has 5 nitrogen and oxygen atoms in total. The molecule has 146 valence electrons. The van der Waals surface area contributed by atoms with Gasteiger partial charge in [-0.1, -0.05) is 61.4 Å². The molecule has 0 aliphatic heterocycles. The normalized spacial score (nSPS) is 18.2. The zero-order valence-electron chi connectivity index (χ0n) is 16.0. The minimum absolute atomic E-state index is 0.0410. The standard InChI is InChI=1S/C23H25NO4/c1-23(21(25)26,15-8-2-3-9-15)24-22(27)28-14-20-18-12-6-4-10-16(18)17-11-5-7-13-19(17)20/h4-7,10-13,15,20H,2-3,8-9,14H2,1H3,(H,24,27)(H,25,26). The molecule has 1 unspecified atom stereocenters. The number of carbonyl (C=O) groups is 2. The van der Waals surface area contributed by atoms with E-state index in [2.05, 4.69) is 29.6 Å². The average molecular weight is 379 g/mol. The summed E-state index contributed by atoms with van der Waals surface area (Å²) < 4.78 is 5.53. The van der Waals surface area contributed by atoms with E-state index < -0.39 is 17.6 Å².